The molecule has 46 valence electrons. The summed E-state index contributed by atoms with van der Waals surface area (Å²) in [6.07, 6.45) is 1.44. The average molecular weight is 122 g/mol. The standard InChI is InChI=1S/C5H6N4/c1-9-5(7)4(2-6)3-8-9/h3H,7H2,1H3. The van der Waals surface area contributed by atoms with Crippen molar-refractivity contribution in [1.82, 2.24) is 9.78 Å². The zero-order valence-corrected chi connectivity index (χ0v) is 5.00. The fourth-order valence-electron chi connectivity index (χ4n) is 0.533. The topological polar surface area (TPSA) is 67.6 Å². The van der Waals surface area contributed by atoms with Gasteiger partial charge in [0.1, 0.15) is 17.5 Å². The second kappa shape index (κ2) is 1.78. The van der Waals surface area contributed by atoms with E-state index in [1.165, 1.54) is 10.9 Å². The van der Waals surface area contributed by atoms with Crippen molar-refractivity contribution in [2.75, 3.05) is 5.73 Å². The number of nitrogens with two attached hydrogens (primary N) is 1. The van der Waals surface area contributed by atoms with Gasteiger partial charge in [0.05, 0.1) is 6.20 Å². The number of hydrogen-bond acceptors (Lipinski definition) is 3. The van der Waals surface area contributed by atoms with Crippen molar-refractivity contribution >= 4 is 5.82 Å². The Balaban J connectivity index is 3.24. The molecular weight excluding hydrogens is 116 g/mol. The average Bonchev–Trinajstić information content (AvgIpc) is 2.15. The SMILES string of the molecule is Cn1ncc(C#N)c1N. The molecule has 0 saturated carbocycles. The molecule has 2 N–H and O–H groups in total. The molecule has 0 fully saturated rings. The Morgan fingerprint density at radius 3 is 2.78 bits per heavy atom. The maximum atomic E-state index is 8.35. The molecule has 0 aromatic carbocycles. The molecule has 1 aromatic rings. The molecule has 0 aliphatic heterocycles. The highest BCUT2D eigenvalue weighted by molar-refractivity contribution is 5.46. The van der Waals surface area contributed by atoms with Gasteiger partial charge in [0, 0.05) is 7.05 Å². The zero-order chi connectivity index (χ0) is 6.85. The number of nitrogens with zero attached hydrogens (tertiary/aromatic N) is 3. The fraction of sp³-hybridized carbons (Fsp3) is 0.200. The highest BCUT2D eigenvalue weighted by atomic mass is 15.3. The highest BCUT2D eigenvalue weighted by Crippen LogP contribution is 2.05. The second-order valence-electron chi connectivity index (χ2n) is 1.68. The van der Waals surface area contributed by atoms with Crippen LogP contribution in [0.15, 0.2) is 6.20 Å². The van der Waals surface area contributed by atoms with E-state index in [0.717, 1.165) is 0 Å². The Hall–Kier alpha value is -1.50. The third kappa shape index (κ3) is 0.722. The van der Waals surface area contributed by atoms with E-state index in [1.807, 2.05) is 6.07 Å². The lowest BCUT2D eigenvalue weighted by Crippen LogP contribution is -1.97. The van der Waals surface area contributed by atoms with E-state index in [4.69, 9.17) is 11.0 Å². The Bertz CT molecular complexity index is 254. The van der Waals surface area contributed by atoms with Gasteiger partial charge in [-0.05, 0) is 0 Å². The van der Waals surface area contributed by atoms with Crippen molar-refractivity contribution in [3.63, 3.8) is 0 Å². The third-order valence-corrected chi connectivity index (χ3v) is 1.11. The first-order chi connectivity index (χ1) is 4.25. The number of hydrogen-bond donors (Lipinski definition) is 1. The predicted octanol–water partition coefficient (Wildman–Crippen LogP) is -0.126. The summed E-state index contributed by atoms with van der Waals surface area (Å²) in [4.78, 5) is 0. The van der Waals surface area contributed by atoms with Gasteiger partial charge in [-0.1, -0.05) is 0 Å². The van der Waals surface area contributed by atoms with Crippen LogP contribution in [-0.4, -0.2) is 9.78 Å². The molecule has 1 aromatic heterocycles. The molecule has 4 nitrogen and oxygen atoms in total. The van der Waals surface area contributed by atoms with Gasteiger partial charge in [-0.25, -0.2) is 0 Å². The molecule has 1 heterocycles. The lowest BCUT2D eigenvalue weighted by Gasteiger charge is -1.89. The summed E-state index contributed by atoms with van der Waals surface area (Å²) < 4.78 is 1.46. The van der Waals surface area contributed by atoms with Gasteiger partial charge in [-0.15, -0.1) is 0 Å². The molecule has 0 unspecified atom stereocenters. The van der Waals surface area contributed by atoms with Gasteiger partial charge < -0.3 is 5.73 Å². The largest absolute Gasteiger partial charge is 0.383 e. The number of nitriles is 1. The zero-order valence-electron chi connectivity index (χ0n) is 5.00. The first kappa shape index (κ1) is 5.63. The normalized spacial score (nSPS) is 8.89. The highest BCUT2D eigenvalue weighted by Gasteiger charge is 2.00. The minimum Gasteiger partial charge on any atom is -0.383 e. The molecule has 0 aliphatic rings. The molecule has 9 heavy (non-hydrogen) atoms. The van der Waals surface area contributed by atoms with Crippen LogP contribution in [0.1, 0.15) is 5.56 Å². The van der Waals surface area contributed by atoms with E-state index in [9.17, 15) is 0 Å². The number of nitrogen functional groups attached to an aromatic ring is 1. The molecule has 0 bridgehead atoms. The third-order valence-electron chi connectivity index (χ3n) is 1.11. The number of aromatic nitrogens is 2. The molecule has 0 saturated heterocycles. The number of anilines is 1. The molecule has 0 atom stereocenters. The van der Waals surface area contributed by atoms with Crippen LogP contribution in [-0.2, 0) is 7.05 Å². The van der Waals surface area contributed by atoms with E-state index in [-0.39, 0.29) is 0 Å². The maximum absolute atomic E-state index is 8.35. The van der Waals surface area contributed by atoms with Crippen LogP contribution >= 0.6 is 0 Å². The maximum Gasteiger partial charge on any atom is 0.139 e. The van der Waals surface area contributed by atoms with Gasteiger partial charge >= 0.3 is 0 Å². The number of aryl methyl sites for hydroxylation is 1. The van der Waals surface area contributed by atoms with Crippen LogP contribution in [0, 0.1) is 11.3 Å². The fourth-order valence-corrected chi connectivity index (χ4v) is 0.533. The minimum absolute atomic E-state index is 0.414. The number of rotatable bonds is 0. The van der Waals surface area contributed by atoms with Crippen molar-refractivity contribution in [3.8, 4) is 6.07 Å². The van der Waals surface area contributed by atoms with Crippen LogP contribution in [0.3, 0.4) is 0 Å². The van der Waals surface area contributed by atoms with Crippen LogP contribution in [0.2, 0.25) is 0 Å². The van der Waals surface area contributed by atoms with Gasteiger partial charge in [-0.3, -0.25) is 4.68 Å². The van der Waals surface area contributed by atoms with E-state index >= 15 is 0 Å². The molecule has 0 amide bonds. The first-order valence-corrected chi connectivity index (χ1v) is 2.43. The molecule has 0 spiro atoms. The van der Waals surface area contributed by atoms with Crippen molar-refractivity contribution in [2.24, 2.45) is 7.05 Å². The Morgan fingerprint density at radius 2 is 2.56 bits per heavy atom. The Labute approximate surface area is 52.5 Å². The predicted molar refractivity (Wildman–Crippen MR) is 32.3 cm³/mol. The molecule has 0 radical (unpaired) electrons. The smallest absolute Gasteiger partial charge is 0.139 e. The van der Waals surface area contributed by atoms with Gasteiger partial charge in [0.15, 0.2) is 0 Å². The van der Waals surface area contributed by atoms with Crippen molar-refractivity contribution < 1.29 is 0 Å². The summed E-state index contributed by atoms with van der Waals surface area (Å²) in [5.74, 6) is 0.414. The monoisotopic (exact) mass is 122 g/mol. The molecule has 0 aliphatic carbocycles. The van der Waals surface area contributed by atoms with Gasteiger partial charge in [0.2, 0.25) is 0 Å². The van der Waals surface area contributed by atoms with Crippen molar-refractivity contribution in [1.29, 1.82) is 5.26 Å². The van der Waals surface area contributed by atoms with E-state index in [2.05, 4.69) is 5.10 Å². The van der Waals surface area contributed by atoms with Gasteiger partial charge in [0.25, 0.3) is 0 Å². The summed E-state index contributed by atoms with van der Waals surface area (Å²) in [6.45, 7) is 0. The van der Waals surface area contributed by atoms with Crippen LogP contribution in [0.4, 0.5) is 5.82 Å². The molecule has 4 heteroatoms. The summed E-state index contributed by atoms with van der Waals surface area (Å²) in [7, 11) is 1.69. The summed E-state index contributed by atoms with van der Waals surface area (Å²) in [6, 6.07) is 1.91. The lowest BCUT2D eigenvalue weighted by molar-refractivity contribution is 0.779. The van der Waals surface area contributed by atoms with Crippen molar-refractivity contribution in [2.45, 2.75) is 0 Å². The second-order valence-corrected chi connectivity index (χ2v) is 1.68. The Morgan fingerprint density at radius 1 is 1.89 bits per heavy atom. The lowest BCUT2D eigenvalue weighted by atomic mass is 10.4. The Kier molecular flexibility index (Phi) is 1.12. The van der Waals surface area contributed by atoms with Gasteiger partial charge in [-0.2, -0.15) is 10.4 Å². The van der Waals surface area contributed by atoms with E-state index in [1.54, 1.807) is 7.05 Å². The minimum atomic E-state index is 0.414. The summed E-state index contributed by atoms with van der Waals surface area (Å²) in [5, 5.41) is 12.1. The van der Waals surface area contributed by atoms with Crippen LogP contribution < -0.4 is 5.73 Å². The first-order valence-electron chi connectivity index (χ1n) is 2.43. The van der Waals surface area contributed by atoms with Crippen molar-refractivity contribution in [3.05, 3.63) is 11.8 Å². The summed E-state index contributed by atoms with van der Waals surface area (Å²) in [5.41, 5.74) is 5.82. The molecular formula is C5H6N4. The van der Waals surface area contributed by atoms with E-state index in [0.29, 0.717) is 11.4 Å². The van der Waals surface area contributed by atoms with E-state index < -0.39 is 0 Å². The summed E-state index contributed by atoms with van der Waals surface area (Å²) >= 11 is 0. The van der Waals surface area contributed by atoms with Crippen LogP contribution in [0.5, 0.6) is 0 Å². The van der Waals surface area contributed by atoms with Crippen LogP contribution in [0.25, 0.3) is 0 Å². The molecule has 1 rings (SSSR count). The quantitative estimate of drug-likeness (QED) is 0.521.